The van der Waals surface area contributed by atoms with Crippen molar-refractivity contribution in [2.75, 3.05) is 5.32 Å². The number of anilines is 1. The molecule has 2 aromatic carbocycles. The maximum absolute atomic E-state index is 11.4. The molecular formula is C25H32N2OS. The number of hydrogen-bond acceptors (Lipinski definition) is 4. The van der Waals surface area contributed by atoms with Crippen LogP contribution in [0.2, 0.25) is 0 Å². The van der Waals surface area contributed by atoms with Crippen molar-refractivity contribution in [2.45, 2.75) is 58.6 Å². The molecule has 0 aliphatic heterocycles. The van der Waals surface area contributed by atoms with Crippen molar-refractivity contribution in [1.29, 1.82) is 0 Å². The lowest BCUT2D eigenvalue weighted by Crippen LogP contribution is -2.43. The van der Waals surface area contributed by atoms with Crippen LogP contribution in [0, 0.1) is 5.41 Å². The monoisotopic (exact) mass is 408 g/mol. The molecule has 3 nitrogen and oxygen atoms in total. The summed E-state index contributed by atoms with van der Waals surface area (Å²) in [5, 5.41) is 17.5. The summed E-state index contributed by atoms with van der Waals surface area (Å²) in [7, 11) is 0. The van der Waals surface area contributed by atoms with Crippen LogP contribution in [0.5, 0.6) is 0 Å². The van der Waals surface area contributed by atoms with Crippen LogP contribution in [0.1, 0.15) is 63.8 Å². The largest absolute Gasteiger partial charge is 0.373 e. The van der Waals surface area contributed by atoms with Gasteiger partial charge in [-0.3, -0.25) is 0 Å². The maximum atomic E-state index is 11.4. The zero-order chi connectivity index (χ0) is 21.1. The van der Waals surface area contributed by atoms with Gasteiger partial charge in [-0.15, -0.1) is 11.3 Å². The molecule has 2 unspecified atom stereocenters. The summed E-state index contributed by atoms with van der Waals surface area (Å²) < 4.78 is 0. The number of aliphatic hydroxyl groups is 1. The van der Waals surface area contributed by atoms with Crippen molar-refractivity contribution < 1.29 is 5.11 Å². The van der Waals surface area contributed by atoms with E-state index in [1.165, 1.54) is 11.1 Å². The van der Waals surface area contributed by atoms with Gasteiger partial charge in [0.1, 0.15) is 6.23 Å². The highest BCUT2D eigenvalue weighted by molar-refractivity contribution is 7.13. The Morgan fingerprint density at radius 2 is 1.45 bits per heavy atom. The molecule has 0 fully saturated rings. The lowest BCUT2D eigenvalue weighted by molar-refractivity contribution is 0.0434. The Bertz CT molecular complexity index is 862. The molecule has 2 atom stereocenters. The molecule has 0 aliphatic rings. The minimum atomic E-state index is -0.739. The van der Waals surface area contributed by atoms with E-state index in [1.807, 2.05) is 12.1 Å². The number of nitrogens with one attached hydrogen (secondary N) is 1. The first-order chi connectivity index (χ1) is 13.8. The molecule has 1 heterocycles. The summed E-state index contributed by atoms with van der Waals surface area (Å²) in [6, 6.07) is 20.9. The highest BCUT2D eigenvalue weighted by atomic mass is 32.1. The standard InChI is InChI=1S/C25H32N2OS/c1-6-25(5,22(28)27-23-26-20(17-29-23)24(2,3)4)21(18-13-9-7-10-14-18)19-15-11-8-12-16-19/h7-17,21-22,28H,6H2,1-5H3,(H,26,27). The second kappa shape index (κ2) is 8.68. The molecule has 0 saturated carbocycles. The summed E-state index contributed by atoms with van der Waals surface area (Å²) in [5.41, 5.74) is 3.03. The van der Waals surface area contributed by atoms with Crippen molar-refractivity contribution in [3.8, 4) is 0 Å². The van der Waals surface area contributed by atoms with E-state index < -0.39 is 11.6 Å². The van der Waals surface area contributed by atoms with Crippen molar-refractivity contribution >= 4 is 16.5 Å². The number of hydrogen-bond donors (Lipinski definition) is 2. The molecule has 3 rings (SSSR count). The van der Waals surface area contributed by atoms with E-state index in [1.54, 1.807) is 11.3 Å². The van der Waals surface area contributed by atoms with Crippen molar-refractivity contribution in [2.24, 2.45) is 5.41 Å². The molecule has 4 heteroatoms. The van der Waals surface area contributed by atoms with Gasteiger partial charge in [0.2, 0.25) is 0 Å². The Morgan fingerprint density at radius 1 is 0.931 bits per heavy atom. The van der Waals surface area contributed by atoms with Gasteiger partial charge in [-0.05, 0) is 17.5 Å². The van der Waals surface area contributed by atoms with Crippen LogP contribution in [0.3, 0.4) is 0 Å². The van der Waals surface area contributed by atoms with E-state index in [-0.39, 0.29) is 11.3 Å². The highest BCUT2D eigenvalue weighted by Gasteiger charge is 2.41. The molecule has 29 heavy (non-hydrogen) atoms. The zero-order valence-electron chi connectivity index (χ0n) is 18.0. The van der Waals surface area contributed by atoms with Crippen molar-refractivity contribution in [3.63, 3.8) is 0 Å². The van der Waals surface area contributed by atoms with Gasteiger partial charge in [0.15, 0.2) is 5.13 Å². The number of rotatable bonds is 7. The molecule has 1 aromatic heterocycles. The highest BCUT2D eigenvalue weighted by Crippen LogP contribution is 2.46. The molecule has 0 radical (unpaired) electrons. The van der Waals surface area contributed by atoms with Crippen LogP contribution in [0.25, 0.3) is 0 Å². The first-order valence-corrected chi connectivity index (χ1v) is 11.1. The average Bonchev–Trinajstić information content (AvgIpc) is 3.18. The fourth-order valence-corrected chi connectivity index (χ4v) is 4.73. The zero-order valence-corrected chi connectivity index (χ0v) is 18.8. The number of thiazole rings is 1. The first kappa shape index (κ1) is 21.5. The summed E-state index contributed by atoms with van der Waals surface area (Å²) in [6.07, 6.45) is 0.0736. The molecule has 2 N–H and O–H groups in total. The summed E-state index contributed by atoms with van der Waals surface area (Å²) in [6.45, 7) is 10.8. The molecule has 154 valence electrons. The van der Waals surface area contributed by atoms with E-state index in [9.17, 15) is 5.11 Å². The summed E-state index contributed by atoms with van der Waals surface area (Å²) in [5.74, 6) is 0.0550. The van der Waals surface area contributed by atoms with Gasteiger partial charge in [-0.2, -0.15) is 0 Å². The van der Waals surface area contributed by atoms with Gasteiger partial charge >= 0.3 is 0 Å². The fraction of sp³-hybridized carbons (Fsp3) is 0.400. The van der Waals surface area contributed by atoms with Crippen molar-refractivity contribution in [3.05, 3.63) is 82.9 Å². The molecule has 0 amide bonds. The van der Waals surface area contributed by atoms with Crippen LogP contribution in [-0.2, 0) is 5.41 Å². The van der Waals surface area contributed by atoms with Crippen LogP contribution in [0.15, 0.2) is 66.0 Å². The Morgan fingerprint density at radius 3 is 1.86 bits per heavy atom. The smallest absolute Gasteiger partial charge is 0.184 e. The predicted molar refractivity (Wildman–Crippen MR) is 124 cm³/mol. The van der Waals surface area contributed by atoms with Gasteiger partial charge in [-0.1, -0.05) is 95.3 Å². The molecule has 0 saturated heterocycles. The SMILES string of the molecule is CCC(C)(C(O)Nc1nc(C(C)(C)C)cs1)C(c1ccccc1)c1ccccc1. The second-order valence-corrected chi connectivity index (χ2v) is 9.81. The third-order valence-electron chi connectivity index (χ3n) is 5.84. The van der Waals surface area contributed by atoms with E-state index in [4.69, 9.17) is 4.98 Å². The van der Waals surface area contributed by atoms with E-state index >= 15 is 0 Å². The lowest BCUT2D eigenvalue weighted by atomic mass is 9.67. The molecule has 0 bridgehead atoms. The van der Waals surface area contributed by atoms with Gasteiger partial charge < -0.3 is 10.4 Å². The Balaban J connectivity index is 1.96. The maximum Gasteiger partial charge on any atom is 0.184 e. The van der Waals surface area contributed by atoms with Gasteiger partial charge in [0.05, 0.1) is 5.69 Å². The van der Waals surface area contributed by atoms with Crippen LogP contribution in [-0.4, -0.2) is 16.3 Å². The normalized spacial score (nSPS) is 15.1. The lowest BCUT2D eigenvalue weighted by Gasteiger charge is -2.41. The topological polar surface area (TPSA) is 45.1 Å². The Labute approximate surface area is 178 Å². The van der Waals surface area contributed by atoms with Gasteiger partial charge in [-0.25, -0.2) is 4.98 Å². The second-order valence-electron chi connectivity index (χ2n) is 8.95. The number of benzene rings is 2. The Kier molecular flexibility index (Phi) is 6.45. The molecule has 0 spiro atoms. The van der Waals surface area contributed by atoms with E-state index in [0.29, 0.717) is 0 Å². The third-order valence-corrected chi connectivity index (χ3v) is 6.62. The first-order valence-electron chi connectivity index (χ1n) is 10.3. The number of aromatic nitrogens is 1. The minimum Gasteiger partial charge on any atom is -0.373 e. The van der Waals surface area contributed by atoms with Crippen molar-refractivity contribution in [1.82, 2.24) is 4.98 Å². The Hall–Kier alpha value is -2.17. The minimum absolute atomic E-state index is 0.00788. The van der Waals surface area contributed by atoms with Crippen LogP contribution >= 0.6 is 11.3 Å². The quantitative estimate of drug-likeness (QED) is 0.443. The summed E-state index contributed by atoms with van der Waals surface area (Å²) >= 11 is 1.55. The predicted octanol–water partition coefficient (Wildman–Crippen LogP) is 6.42. The van der Waals surface area contributed by atoms with Gasteiger partial charge in [0.25, 0.3) is 0 Å². The molecular weight excluding hydrogens is 376 g/mol. The van der Waals surface area contributed by atoms with Crippen LogP contribution < -0.4 is 5.32 Å². The molecule has 0 aliphatic carbocycles. The van der Waals surface area contributed by atoms with E-state index in [2.05, 4.69) is 93.8 Å². The fourth-order valence-electron chi connectivity index (χ4n) is 3.77. The van der Waals surface area contributed by atoms with E-state index in [0.717, 1.165) is 17.2 Å². The third kappa shape index (κ3) is 4.71. The number of nitrogens with zero attached hydrogens (tertiary/aromatic N) is 1. The summed E-state index contributed by atoms with van der Waals surface area (Å²) in [4.78, 5) is 4.72. The molecule has 3 aromatic rings. The average molecular weight is 409 g/mol. The van der Waals surface area contributed by atoms with Crippen LogP contribution in [0.4, 0.5) is 5.13 Å². The number of aliphatic hydroxyl groups excluding tert-OH is 1. The van der Waals surface area contributed by atoms with Gasteiger partial charge in [0, 0.05) is 22.1 Å².